The molecule has 1 aromatic heterocycles. The maximum atomic E-state index is 12.9. The number of anilines is 3. The van der Waals surface area contributed by atoms with Crippen molar-refractivity contribution in [2.24, 2.45) is 0 Å². The minimum atomic E-state index is -0.183. The number of nitrogens with zero attached hydrogens (tertiary/aromatic N) is 1. The van der Waals surface area contributed by atoms with Gasteiger partial charge in [0, 0.05) is 23.5 Å². The van der Waals surface area contributed by atoms with Gasteiger partial charge in [-0.2, -0.15) is 0 Å². The average molecular weight is 391 g/mol. The van der Waals surface area contributed by atoms with Gasteiger partial charge in [0.25, 0.3) is 5.91 Å². The molecule has 0 saturated heterocycles. The van der Waals surface area contributed by atoms with Crippen molar-refractivity contribution >= 4 is 23.1 Å². The Labute approximate surface area is 170 Å². The summed E-state index contributed by atoms with van der Waals surface area (Å²) in [5.74, 6) is 1.69. The fourth-order valence-electron chi connectivity index (χ4n) is 3.08. The molecule has 6 heteroatoms. The number of aryl methyl sites for hydroxylation is 2. The van der Waals surface area contributed by atoms with Crippen molar-refractivity contribution in [1.82, 2.24) is 4.98 Å². The number of amides is 1. The Morgan fingerprint density at radius 2 is 1.90 bits per heavy atom. The number of nitrogens with one attached hydrogen (secondary N) is 2. The lowest BCUT2D eigenvalue weighted by Gasteiger charge is -2.14. The van der Waals surface area contributed by atoms with E-state index in [0.29, 0.717) is 28.6 Å². The largest absolute Gasteiger partial charge is 0.497 e. The van der Waals surface area contributed by atoms with Crippen LogP contribution in [0.2, 0.25) is 0 Å². The van der Waals surface area contributed by atoms with Crippen LogP contribution in [0.15, 0.2) is 54.7 Å². The van der Waals surface area contributed by atoms with E-state index in [0.717, 1.165) is 23.2 Å². The van der Waals surface area contributed by atoms with Crippen LogP contribution in [0.4, 0.5) is 17.2 Å². The van der Waals surface area contributed by atoms with Gasteiger partial charge in [0.15, 0.2) is 0 Å². The van der Waals surface area contributed by atoms with Crippen LogP contribution in [-0.2, 0) is 6.42 Å². The van der Waals surface area contributed by atoms with Gasteiger partial charge in [-0.3, -0.25) is 4.79 Å². The van der Waals surface area contributed by atoms with Crippen LogP contribution in [0.25, 0.3) is 0 Å². The Kier molecular flexibility index (Phi) is 6.34. The highest BCUT2D eigenvalue weighted by molar-refractivity contribution is 6.05. The van der Waals surface area contributed by atoms with Crippen molar-refractivity contribution in [3.8, 4) is 11.5 Å². The van der Waals surface area contributed by atoms with E-state index < -0.39 is 0 Å². The first kappa shape index (κ1) is 20.2. The summed E-state index contributed by atoms with van der Waals surface area (Å²) in [4.78, 5) is 17.2. The number of para-hydroxylation sites is 1. The van der Waals surface area contributed by atoms with Crippen molar-refractivity contribution < 1.29 is 14.3 Å². The van der Waals surface area contributed by atoms with Crippen LogP contribution in [0, 0.1) is 6.92 Å². The molecule has 0 saturated carbocycles. The van der Waals surface area contributed by atoms with E-state index in [-0.39, 0.29) is 5.91 Å². The fraction of sp³-hybridized carbons (Fsp3) is 0.217. The Morgan fingerprint density at radius 1 is 1.07 bits per heavy atom. The van der Waals surface area contributed by atoms with E-state index in [2.05, 4.69) is 22.5 Å². The lowest BCUT2D eigenvalue weighted by molar-refractivity contribution is 0.102. The normalized spacial score (nSPS) is 10.3. The highest BCUT2D eigenvalue weighted by Crippen LogP contribution is 2.31. The lowest BCUT2D eigenvalue weighted by atomic mass is 10.1. The summed E-state index contributed by atoms with van der Waals surface area (Å²) in [6, 6.07) is 14.8. The van der Waals surface area contributed by atoms with Crippen LogP contribution in [-0.4, -0.2) is 25.1 Å². The van der Waals surface area contributed by atoms with Gasteiger partial charge in [0.1, 0.15) is 17.3 Å². The smallest absolute Gasteiger partial charge is 0.255 e. The molecule has 0 bridgehead atoms. The van der Waals surface area contributed by atoms with Gasteiger partial charge in [-0.05, 0) is 48.7 Å². The zero-order chi connectivity index (χ0) is 20.8. The fourth-order valence-corrected chi connectivity index (χ4v) is 3.08. The summed E-state index contributed by atoms with van der Waals surface area (Å²) in [6.07, 6.45) is 2.44. The van der Waals surface area contributed by atoms with Gasteiger partial charge in [-0.1, -0.05) is 25.1 Å². The second kappa shape index (κ2) is 9.10. The Bertz CT molecular complexity index is 1020. The van der Waals surface area contributed by atoms with Crippen molar-refractivity contribution in [3.05, 3.63) is 71.4 Å². The van der Waals surface area contributed by atoms with E-state index in [4.69, 9.17) is 9.47 Å². The summed E-state index contributed by atoms with van der Waals surface area (Å²) >= 11 is 0. The molecular formula is C23H25N3O3. The van der Waals surface area contributed by atoms with Crippen molar-refractivity contribution in [1.29, 1.82) is 0 Å². The summed E-state index contributed by atoms with van der Waals surface area (Å²) in [5.41, 5.74) is 4.21. The number of rotatable bonds is 7. The molecule has 3 rings (SSSR count). The number of hydrogen-bond donors (Lipinski definition) is 2. The number of methoxy groups -OCH3 is 2. The molecule has 6 nitrogen and oxygen atoms in total. The second-order valence-corrected chi connectivity index (χ2v) is 6.54. The number of aromatic nitrogens is 1. The minimum Gasteiger partial charge on any atom is -0.497 e. The highest BCUT2D eigenvalue weighted by atomic mass is 16.5. The van der Waals surface area contributed by atoms with Crippen LogP contribution in [0.3, 0.4) is 0 Å². The third kappa shape index (κ3) is 4.66. The predicted octanol–water partition coefficient (Wildman–Crippen LogP) is 4.97. The first-order chi connectivity index (χ1) is 14.0. The third-order valence-electron chi connectivity index (χ3n) is 4.67. The van der Waals surface area contributed by atoms with Crippen LogP contribution in [0.1, 0.15) is 28.4 Å². The molecule has 0 radical (unpaired) electrons. The molecule has 0 aliphatic heterocycles. The SMILES string of the molecule is CCc1cccc(C)c1NC(=O)c1ccnc(Nc2cc(OC)ccc2OC)c1. The summed E-state index contributed by atoms with van der Waals surface area (Å²) in [7, 11) is 3.20. The number of ether oxygens (including phenoxy) is 2. The molecule has 2 N–H and O–H groups in total. The zero-order valence-electron chi connectivity index (χ0n) is 17.1. The molecule has 3 aromatic rings. The van der Waals surface area contributed by atoms with E-state index in [1.807, 2.05) is 43.3 Å². The Morgan fingerprint density at radius 3 is 2.62 bits per heavy atom. The first-order valence-corrected chi connectivity index (χ1v) is 9.40. The van der Waals surface area contributed by atoms with Gasteiger partial charge in [0.05, 0.1) is 19.9 Å². The molecule has 0 atom stereocenters. The number of carbonyl (C=O) groups is 1. The van der Waals surface area contributed by atoms with Crippen molar-refractivity contribution in [2.45, 2.75) is 20.3 Å². The number of hydrogen-bond acceptors (Lipinski definition) is 5. The van der Waals surface area contributed by atoms with Crippen LogP contribution in [0.5, 0.6) is 11.5 Å². The van der Waals surface area contributed by atoms with E-state index >= 15 is 0 Å². The Hall–Kier alpha value is -3.54. The monoisotopic (exact) mass is 391 g/mol. The van der Waals surface area contributed by atoms with E-state index in [1.54, 1.807) is 32.5 Å². The van der Waals surface area contributed by atoms with Gasteiger partial charge in [-0.15, -0.1) is 0 Å². The quantitative estimate of drug-likeness (QED) is 0.595. The van der Waals surface area contributed by atoms with Gasteiger partial charge >= 0.3 is 0 Å². The lowest BCUT2D eigenvalue weighted by Crippen LogP contribution is -2.14. The molecule has 1 amide bonds. The first-order valence-electron chi connectivity index (χ1n) is 9.40. The number of benzene rings is 2. The topological polar surface area (TPSA) is 72.5 Å². The number of carbonyl (C=O) groups excluding carboxylic acids is 1. The molecule has 0 aliphatic rings. The van der Waals surface area contributed by atoms with E-state index in [9.17, 15) is 4.79 Å². The molecule has 0 unspecified atom stereocenters. The highest BCUT2D eigenvalue weighted by Gasteiger charge is 2.13. The molecule has 0 fully saturated rings. The average Bonchev–Trinajstić information content (AvgIpc) is 2.75. The molecule has 150 valence electrons. The van der Waals surface area contributed by atoms with Gasteiger partial charge < -0.3 is 20.1 Å². The minimum absolute atomic E-state index is 0.183. The van der Waals surface area contributed by atoms with Crippen molar-refractivity contribution in [2.75, 3.05) is 24.9 Å². The molecule has 2 aromatic carbocycles. The van der Waals surface area contributed by atoms with Crippen molar-refractivity contribution in [3.63, 3.8) is 0 Å². The molecule has 1 heterocycles. The van der Waals surface area contributed by atoms with Crippen LogP contribution < -0.4 is 20.1 Å². The second-order valence-electron chi connectivity index (χ2n) is 6.54. The molecule has 0 aliphatic carbocycles. The summed E-state index contributed by atoms with van der Waals surface area (Å²) < 4.78 is 10.7. The standard InChI is InChI=1S/C23H25N3O3/c1-5-16-8-6-7-15(2)22(16)26-23(27)17-11-12-24-21(13-17)25-19-14-18(28-3)9-10-20(19)29-4/h6-14H,5H2,1-4H3,(H,24,25)(H,26,27). The van der Waals surface area contributed by atoms with Crippen LogP contribution >= 0.6 is 0 Å². The van der Waals surface area contributed by atoms with E-state index in [1.165, 1.54) is 0 Å². The summed E-state index contributed by atoms with van der Waals surface area (Å²) in [5, 5.41) is 6.23. The Balaban J connectivity index is 1.84. The predicted molar refractivity (Wildman–Crippen MR) is 116 cm³/mol. The maximum absolute atomic E-state index is 12.9. The third-order valence-corrected chi connectivity index (χ3v) is 4.67. The molecular weight excluding hydrogens is 366 g/mol. The summed E-state index contributed by atoms with van der Waals surface area (Å²) in [6.45, 7) is 4.06. The molecule has 0 spiro atoms. The molecule has 29 heavy (non-hydrogen) atoms. The zero-order valence-corrected chi connectivity index (χ0v) is 17.1. The maximum Gasteiger partial charge on any atom is 0.255 e. The van der Waals surface area contributed by atoms with Gasteiger partial charge in [0.2, 0.25) is 0 Å². The number of pyridine rings is 1. The van der Waals surface area contributed by atoms with Gasteiger partial charge in [-0.25, -0.2) is 4.98 Å².